The average Bonchev–Trinajstić information content (AvgIpc) is 3.87. The van der Waals surface area contributed by atoms with Crippen LogP contribution in [0.5, 0.6) is 0 Å². The van der Waals surface area contributed by atoms with E-state index in [2.05, 4.69) is 36.2 Å². The van der Waals surface area contributed by atoms with Gasteiger partial charge in [0.15, 0.2) is 28.2 Å². The van der Waals surface area contributed by atoms with E-state index in [0.29, 0.717) is 47.1 Å². The quantitative estimate of drug-likeness (QED) is 0.0316. The van der Waals surface area contributed by atoms with Gasteiger partial charge in [-0.3, -0.25) is 14.5 Å². The van der Waals surface area contributed by atoms with Crippen molar-refractivity contribution in [1.82, 2.24) is 34.6 Å². The molecule has 0 saturated carbocycles. The second-order valence-electron chi connectivity index (χ2n) is 16.2. The van der Waals surface area contributed by atoms with Crippen LogP contribution in [-0.2, 0) is 29.2 Å². The minimum atomic E-state index is -5.19. The van der Waals surface area contributed by atoms with Gasteiger partial charge in [0.1, 0.15) is 54.7 Å². The van der Waals surface area contributed by atoms with Crippen molar-refractivity contribution in [2.24, 2.45) is 0 Å². The van der Waals surface area contributed by atoms with Crippen LogP contribution in [-0.4, -0.2) is 216 Å². The fraction of sp³-hybridized carbons (Fsp3) is 0.585. The second kappa shape index (κ2) is 26.7. The number of likely N-dealkylation sites (tertiary alicyclic amines) is 1. The van der Waals surface area contributed by atoms with E-state index < -0.39 is 111 Å². The van der Waals surface area contributed by atoms with Gasteiger partial charge in [0.2, 0.25) is 0 Å². The van der Waals surface area contributed by atoms with E-state index in [0.717, 1.165) is 16.9 Å². The number of piperidine rings is 1. The Kier molecular flexibility index (Phi) is 22.7. The van der Waals surface area contributed by atoms with Crippen molar-refractivity contribution in [3.8, 4) is 0 Å². The molecule has 0 radical (unpaired) electrons. The summed E-state index contributed by atoms with van der Waals surface area (Å²) in [4.78, 5) is 59.7. The molecule has 0 aliphatic carbocycles. The Morgan fingerprint density at radius 1 is 0.877 bits per heavy atom. The number of aliphatic hydroxyl groups excluding tert-OH is 10. The van der Waals surface area contributed by atoms with Crippen LogP contribution in [0.2, 0.25) is 0 Å². The Morgan fingerprint density at radius 3 is 1.81 bits per heavy atom. The number of fused-ring (bicyclic) bond motifs is 2. The summed E-state index contributed by atoms with van der Waals surface area (Å²) < 4.78 is 68.0. The van der Waals surface area contributed by atoms with E-state index in [1.165, 1.54) is 4.90 Å². The largest absolute Gasteiger partial charge is 0.542 e. The van der Waals surface area contributed by atoms with Crippen LogP contribution in [0.4, 0.5) is 32.2 Å². The molecule has 0 bridgehead atoms. The van der Waals surface area contributed by atoms with Gasteiger partial charge in [-0.15, -0.1) is 0 Å². The number of imidazole rings is 1. The highest BCUT2D eigenvalue weighted by Gasteiger charge is 2.39. The predicted molar refractivity (Wildman–Crippen MR) is 238 cm³/mol. The molecule has 0 spiro atoms. The number of halogens is 7. The third kappa shape index (κ3) is 16.1. The first-order valence-corrected chi connectivity index (χ1v) is 22.7. The summed E-state index contributed by atoms with van der Waals surface area (Å²) >= 11 is 3.39. The third-order valence-corrected chi connectivity index (χ3v) is 12.0. The molecular weight excluding hydrogens is 1070 g/mol. The number of aliphatic carboxylic acids is 2. The number of aromatic amines is 1. The van der Waals surface area contributed by atoms with Crippen LogP contribution in [0.25, 0.3) is 22.2 Å². The van der Waals surface area contributed by atoms with Crippen molar-refractivity contribution in [1.29, 1.82) is 0 Å². The first-order chi connectivity index (χ1) is 33.9. The summed E-state index contributed by atoms with van der Waals surface area (Å²) in [5.74, 6) is -5.78. The number of carbonyl (C=O) groups excluding carboxylic acids is 3. The van der Waals surface area contributed by atoms with Gasteiger partial charge in [-0.1, -0.05) is 0 Å². The average molecular weight is 1120 g/mol. The number of hydrogen-bond acceptors (Lipinski definition) is 19. The van der Waals surface area contributed by atoms with Gasteiger partial charge < -0.3 is 87.0 Å². The van der Waals surface area contributed by atoms with Crippen molar-refractivity contribution in [2.45, 2.75) is 114 Å². The maximum atomic E-state index is 14.0. The number of amides is 2. The summed E-state index contributed by atoms with van der Waals surface area (Å²) in [7, 11) is 0. The van der Waals surface area contributed by atoms with E-state index in [9.17, 15) is 87.0 Å². The maximum absolute atomic E-state index is 14.0. The number of nitrogens with zero attached hydrogens (tertiary/aromatic N) is 6. The van der Waals surface area contributed by atoms with E-state index in [1.54, 1.807) is 23.2 Å². The third-order valence-electron chi connectivity index (χ3n) is 11.4. The molecule has 2 amide bonds. The fourth-order valence-corrected chi connectivity index (χ4v) is 7.95. The molecule has 8 atom stereocenters. The van der Waals surface area contributed by atoms with Gasteiger partial charge >= 0.3 is 18.3 Å². The summed E-state index contributed by atoms with van der Waals surface area (Å²) in [6.07, 6.45) is -22.6. The van der Waals surface area contributed by atoms with Gasteiger partial charge in [0.25, 0.3) is 17.6 Å². The molecule has 0 unspecified atom stereocenters. The molecule has 1 aliphatic rings. The summed E-state index contributed by atoms with van der Waals surface area (Å²) in [5, 5.41) is 120. The van der Waals surface area contributed by atoms with Crippen LogP contribution >= 0.6 is 15.9 Å². The van der Waals surface area contributed by atoms with Crippen molar-refractivity contribution in [3.63, 3.8) is 0 Å². The lowest BCUT2D eigenvalue weighted by molar-refractivity contribution is -0.676. The Balaban J connectivity index is 0.000000878. The highest BCUT2D eigenvalue weighted by molar-refractivity contribution is 9.10. The van der Waals surface area contributed by atoms with Gasteiger partial charge in [0.05, 0.1) is 43.0 Å². The number of nitrogens with one attached hydrogen (secondary N) is 2. The number of carbonyl (C=O) groups is 4. The lowest BCUT2D eigenvalue weighted by atomic mass is 9.97. The summed E-state index contributed by atoms with van der Waals surface area (Å²) in [5.41, 5.74) is 8.98. The number of carboxylic acids is 2. The van der Waals surface area contributed by atoms with Crippen molar-refractivity contribution >= 4 is 67.7 Å². The molecule has 410 valence electrons. The Hall–Kier alpha value is -5.39. The van der Waals surface area contributed by atoms with Gasteiger partial charge in [-0.05, 0) is 54.8 Å². The standard InChI is InChI=1S/C37H54BrN9O12.2C2HF3O2/c1-3-46-21-6-5-18(11-22(21)47(4-2)27(46)13-41-36(58)29-34(39)43-35-28(42-29)20(38)12-40-35)37(59)44-9-7-19(8-10-44)45(14-23(50)30(54)32(56)25(52)16-48)15-24(51)31(55)33(57)26(53)17-49;2*3-2(4,5)1(6)7/h5-6,11-12,19,23-26,30-33,48-57H,3-4,7-10,13-17H2,1-2H3,(H3-,39,40,41,42,43,58);2*(H,6,7)/t23-,24-,25+,26+,30+,31+,32+,33+;;/m0../s1. The van der Waals surface area contributed by atoms with Gasteiger partial charge in [-0.2, -0.15) is 26.3 Å². The number of benzene rings is 1. The second-order valence-corrected chi connectivity index (χ2v) is 17.1. The molecule has 1 saturated heterocycles. The number of aryl methyl sites for hydroxylation is 2. The summed E-state index contributed by atoms with van der Waals surface area (Å²) in [6.45, 7) is 3.01. The first-order valence-electron chi connectivity index (χ1n) is 21.9. The van der Waals surface area contributed by atoms with Crippen LogP contribution in [0, 0.1) is 0 Å². The Bertz CT molecular complexity index is 2440. The molecule has 1 aliphatic heterocycles. The number of rotatable bonds is 19. The zero-order chi connectivity index (χ0) is 55.4. The highest BCUT2D eigenvalue weighted by Crippen LogP contribution is 2.25. The van der Waals surface area contributed by atoms with Crippen LogP contribution in [0.1, 0.15) is 53.4 Å². The topological polar surface area (TPSA) is 409 Å². The van der Waals surface area contributed by atoms with Crippen molar-refractivity contribution in [2.75, 3.05) is 45.1 Å². The molecule has 15 N–H and O–H groups in total. The summed E-state index contributed by atoms with van der Waals surface area (Å²) in [6, 6.07) is 4.91. The van der Waals surface area contributed by atoms with Crippen molar-refractivity contribution < 1.29 is 111 Å². The lowest BCUT2D eigenvalue weighted by Crippen LogP contribution is -2.56. The van der Waals surface area contributed by atoms with E-state index in [1.807, 2.05) is 29.0 Å². The monoisotopic (exact) mass is 1120 g/mol. The van der Waals surface area contributed by atoms with E-state index in [-0.39, 0.29) is 37.1 Å². The number of H-pyrrole nitrogens is 1. The van der Waals surface area contributed by atoms with Gasteiger partial charge in [-0.25, -0.2) is 23.9 Å². The fourth-order valence-electron chi connectivity index (χ4n) is 7.56. The number of alkyl halides is 6. The van der Waals surface area contributed by atoms with Crippen molar-refractivity contribution in [3.05, 3.63) is 46.0 Å². The molecule has 3 aromatic heterocycles. The maximum Gasteiger partial charge on any atom is 0.490 e. The predicted octanol–water partition coefficient (Wildman–Crippen LogP) is -3.78. The normalized spacial score (nSPS) is 16.8. The molecular formula is C41H56BrF6N9O16. The number of nitrogens with two attached hydrogens (primary N) is 1. The number of nitrogen functional groups attached to an aromatic ring is 1. The molecule has 4 aromatic rings. The highest BCUT2D eigenvalue weighted by atomic mass is 79.9. The molecule has 1 fully saturated rings. The Morgan fingerprint density at radius 2 is 1.37 bits per heavy atom. The minimum Gasteiger partial charge on any atom is -0.542 e. The van der Waals surface area contributed by atoms with E-state index in [4.69, 9.17) is 25.5 Å². The number of anilines is 1. The SMILES string of the molecule is CCn1c(CNC(=O)c2nc3c(Br)c[nH]c3nc2N)[n+](CC)c2ccc(C(=O)N3CCC(N(C[C@H](O)[C@@H](O)[C@H](O)[C@H](O)CO)C[C@H](O)[C@@H](O)[C@H](O)[C@H](O)CO)CC3)cc21.O=C(O)C(F)(F)F.O=C([O-])C(F)(F)F. The smallest absolute Gasteiger partial charge is 0.490 e. The molecule has 1 aromatic carbocycles. The minimum absolute atomic E-state index is 0.0179. The number of hydrogen-bond donors (Lipinski definition) is 14. The molecule has 4 heterocycles. The van der Waals surface area contributed by atoms with Crippen LogP contribution in [0.3, 0.4) is 0 Å². The number of carboxylic acid groups (broad SMARTS) is 2. The molecule has 5 rings (SSSR count). The van der Waals surface area contributed by atoms with Crippen LogP contribution < -0.4 is 20.7 Å². The number of aromatic nitrogens is 5. The molecule has 73 heavy (non-hydrogen) atoms. The zero-order valence-corrected chi connectivity index (χ0v) is 40.2. The van der Waals surface area contributed by atoms with E-state index >= 15 is 0 Å². The zero-order valence-electron chi connectivity index (χ0n) is 38.7. The lowest BCUT2D eigenvalue weighted by Gasteiger charge is -2.41. The Labute approximate surface area is 417 Å². The van der Waals surface area contributed by atoms with Gasteiger partial charge in [0, 0.05) is 50.0 Å². The molecule has 25 nitrogen and oxygen atoms in total. The van der Waals surface area contributed by atoms with Crippen LogP contribution in [0.15, 0.2) is 28.9 Å². The molecule has 32 heteroatoms. The number of aliphatic hydroxyl groups is 10. The first kappa shape index (κ1) is 61.9.